The van der Waals surface area contributed by atoms with Gasteiger partial charge in [-0.2, -0.15) is 0 Å². The number of nitrogens with zero attached hydrogens (tertiary/aromatic N) is 2. The van der Waals surface area contributed by atoms with Crippen LogP contribution >= 0.6 is 0 Å². The maximum absolute atomic E-state index is 11.8. The number of anilines is 1. The van der Waals surface area contributed by atoms with Crippen LogP contribution in [0.3, 0.4) is 0 Å². The van der Waals surface area contributed by atoms with Crippen molar-refractivity contribution in [2.24, 2.45) is 0 Å². The van der Waals surface area contributed by atoms with Crippen LogP contribution in [-0.2, 0) is 17.6 Å². The van der Waals surface area contributed by atoms with Gasteiger partial charge in [0.25, 0.3) is 0 Å². The number of nitrogen functional groups attached to an aromatic ring is 1. The second-order valence-corrected chi connectivity index (χ2v) is 3.79. The smallest absolute Gasteiger partial charge is 0.143 e. The summed E-state index contributed by atoms with van der Waals surface area (Å²) < 4.78 is 0. The number of aromatic nitrogens is 2. The van der Waals surface area contributed by atoms with E-state index in [1.54, 1.807) is 24.7 Å². The van der Waals surface area contributed by atoms with Crippen molar-refractivity contribution in [3.63, 3.8) is 0 Å². The summed E-state index contributed by atoms with van der Waals surface area (Å²) in [5.74, 6) is 0.0865. The molecule has 0 aliphatic rings. The van der Waals surface area contributed by atoms with Crippen LogP contribution in [0.25, 0.3) is 0 Å². The van der Waals surface area contributed by atoms with E-state index in [0.717, 1.165) is 11.3 Å². The van der Waals surface area contributed by atoms with Crippen molar-refractivity contribution in [2.45, 2.75) is 12.8 Å². The van der Waals surface area contributed by atoms with Crippen LogP contribution in [-0.4, -0.2) is 15.8 Å². The fraction of sp³-hybridized carbons (Fsp3) is 0.154. The lowest BCUT2D eigenvalue weighted by Gasteiger charge is -2.03. The molecule has 0 radical (unpaired) electrons. The maximum atomic E-state index is 11.8. The molecule has 0 atom stereocenters. The summed E-state index contributed by atoms with van der Waals surface area (Å²) in [6.45, 7) is 0. The number of Topliss-reactive ketones (excluding diaryl/α,β-unsaturated/α-hetero) is 1. The molecule has 2 heterocycles. The molecule has 0 spiro atoms. The molecule has 0 saturated carbocycles. The van der Waals surface area contributed by atoms with Gasteiger partial charge in [0.1, 0.15) is 5.78 Å². The van der Waals surface area contributed by atoms with Gasteiger partial charge in [0.05, 0.1) is 0 Å². The Morgan fingerprint density at radius 3 is 2.76 bits per heavy atom. The third-order valence-electron chi connectivity index (χ3n) is 2.43. The maximum Gasteiger partial charge on any atom is 0.143 e. The number of nitrogens with two attached hydrogens (primary N) is 1. The second kappa shape index (κ2) is 5.21. The summed E-state index contributed by atoms with van der Waals surface area (Å²) in [5.41, 5.74) is 7.91. The third-order valence-corrected chi connectivity index (χ3v) is 2.43. The molecule has 86 valence electrons. The summed E-state index contributed by atoms with van der Waals surface area (Å²) >= 11 is 0. The van der Waals surface area contributed by atoms with Gasteiger partial charge in [-0.1, -0.05) is 6.07 Å². The van der Waals surface area contributed by atoms with Crippen molar-refractivity contribution in [2.75, 3.05) is 5.73 Å². The van der Waals surface area contributed by atoms with Gasteiger partial charge < -0.3 is 5.73 Å². The van der Waals surface area contributed by atoms with Crippen LogP contribution in [0.1, 0.15) is 11.3 Å². The molecule has 0 aliphatic carbocycles. The summed E-state index contributed by atoms with van der Waals surface area (Å²) in [4.78, 5) is 19.9. The van der Waals surface area contributed by atoms with Gasteiger partial charge in [-0.05, 0) is 18.2 Å². The molecule has 0 aliphatic heterocycles. The van der Waals surface area contributed by atoms with Crippen molar-refractivity contribution in [1.29, 1.82) is 0 Å². The first-order valence-electron chi connectivity index (χ1n) is 5.35. The van der Waals surface area contributed by atoms with Gasteiger partial charge in [0, 0.05) is 48.4 Å². The Morgan fingerprint density at radius 1 is 1.18 bits per heavy atom. The third kappa shape index (κ3) is 3.11. The van der Waals surface area contributed by atoms with E-state index in [9.17, 15) is 4.79 Å². The van der Waals surface area contributed by atoms with Crippen molar-refractivity contribution in [3.05, 3.63) is 54.1 Å². The molecule has 4 heteroatoms. The van der Waals surface area contributed by atoms with E-state index in [4.69, 9.17) is 5.73 Å². The monoisotopic (exact) mass is 227 g/mol. The van der Waals surface area contributed by atoms with Crippen LogP contribution in [0.2, 0.25) is 0 Å². The standard InChI is InChI=1S/C13H13N3O/c14-13-4-6-15-9-10(13)7-12(17)8-11-3-1-2-5-16-11/h1-6,9H,7-8H2,(H2,14,15). The highest BCUT2D eigenvalue weighted by molar-refractivity contribution is 5.83. The van der Waals surface area contributed by atoms with Crippen molar-refractivity contribution in [3.8, 4) is 0 Å². The first-order chi connectivity index (χ1) is 8.25. The van der Waals surface area contributed by atoms with E-state index in [1.807, 2.05) is 18.2 Å². The minimum atomic E-state index is 0.0865. The number of hydrogen-bond donors (Lipinski definition) is 1. The predicted octanol–water partition coefficient (Wildman–Crippen LogP) is 1.41. The Balaban J connectivity index is 2.01. The molecule has 2 aromatic heterocycles. The van der Waals surface area contributed by atoms with E-state index in [0.29, 0.717) is 18.5 Å². The quantitative estimate of drug-likeness (QED) is 0.857. The molecule has 0 bridgehead atoms. The normalized spacial score (nSPS) is 10.1. The first kappa shape index (κ1) is 11.3. The molecule has 2 N–H and O–H groups in total. The fourth-order valence-corrected chi connectivity index (χ4v) is 1.57. The number of pyridine rings is 2. The molecule has 17 heavy (non-hydrogen) atoms. The van der Waals surface area contributed by atoms with E-state index in [-0.39, 0.29) is 5.78 Å². The number of ketones is 1. The molecule has 4 nitrogen and oxygen atoms in total. The first-order valence-corrected chi connectivity index (χ1v) is 5.35. The summed E-state index contributed by atoms with van der Waals surface area (Å²) in [6.07, 6.45) is 5.56. The molecule has 2 aromatic rings. The lowest BCUT2D eigenvalue weighted by Crippen LogP contribution is -2.09. The van der Waals surface area contributed by atoms with Crippen molar-refractivity contribution in [1.82, 2.24) is 9.97 Å². The average Bonchev–Trinajstić information content (AvgIpc) is 2.33. The zero-order valence-electron chi connectivity index (χ0n) is 9.34. The van der Waals surface area contributed by atoms with Gasteiger partial charge >= 0.3 is 0 Å². The molecule has 2 rings (SSSR count). The van der Waals surface area contributed by atoms with Crippen molar-refractivity contribution < 1.29 is 4.79 Å². The van der Waals surface area contributed by atoms with E-state index in [2.05, 4.69) is 9.97 Å². The number of carbonyl (C=O) groups excluding carboxylic acids is 1. The van der Waals surface area contributed by atoms with Gasteiger partial charge in [-0.25, -0.2) is 0 Å². The Morgan fingerprint density at radius 2 is 2.06 bits per heavy atom. The highest BCUT2D eigenvalue weighted by Gasteiger charge is 2.08. The van der Waals surface area contributed by atoms with Crippen LogP contribution < -0.4 is 5.73 Å². The second-order valence-electron chi connectivity index (χ2n) is 3.79. The molecular formula is C13H13N3O. The Bertz CT molecular complexity index is 511. The zero-order chi connectivity index (χ0) is 12.1. The summed E-state index contributed by atoms with van der Waals surface area (Å²) in [7, 11) is 0. The van der Waals surface area contributed by atoms with Crippen molar-refractivity contribution >= 4 is 11.5 Å². The van der Waals surface area contributed by atoms with Crippen LogP contribution in [0.15, 0.2) is 42.9 Å². The lowest BCUT2D eigenvalue weighted by atomic mass is 10.1. The Labute approximate surface area is 99.5 Å². The Kier molecular flexibility index (Phi) is 3.45. The van der Waals surface area contributed by atoms with Gasteiger partial charge in [0.15, 0.2) is 0 Å². The number of rotatable bonds is 4. The molecule has 0 unspecified atom stereocenters. The number of hydrogen-bond acceptors (Lipinski definition) is 4. The molecule has 0 saturated heterocycles. The van der Waals surface area contributed by atoms with E-state index < -0.39 is 0 Å². The van der Waals surface area contributed by atoms with Gasteiger partial charge in [-0.3, -0.25) is 14.8 Å². The summed E-state index contributed by atoms with van der Waals surface area (Å²) in [5, 5.41) is 0. The zero-order valence-corrected chi connectivity index (χ0v) is 9.34. The molecule has 0 fully saturated rings. The topological polar surface area (TPSA) is 68.9 Å². The molecular weight excluding hydrogens is 214 g/mol. The SMILES string of the molecule is Nc1ccncc1CC(=O)Cc1ccccn1. The largest absolute Gasteiger partial charge is 0.398 e. The summed E-state index contributed by atoms with van der Waals surface area (Å²) in [6, 6.07) is 7.23. The van der Waals surface area contributed by atoms with E-state index in [1.165, 1.54) is 0 Å². The Hall–Kier alpha value is -2.23. The van der Waals surface area contributed by atoms with Gasteiger partial charge in [0.2, 0.25) is 0 Å². The lowest BCUT2D eigenvalue weighted by molar-refractivity contribution is -0.117. The van der Waals surface area contributed by atoms with Crippen LogP contribution in [0.5, 0.6) is 0 Å². The number of carbonyl (C=O) groups is 1. The highest BCUT2D eigenvalue weighted by Crippen LogP contribution is 2.10. The minimum absolute atomic E-state index is 0.0865. The molecule has 0 aromatic carbocycles. The van der Waals surface area contributed by atoms with Gasteiger partial charge in [-0.15, -0.1) is 0 Å². The van der Waals surface area contributed by atoms with Crippen LogP contribution in [0, 0.1) is 0 Å². The van der Waals surface area contributed by atoms with E-state index >= 15 is 0 Å². The fourth-order valence-electron chi connectivity index (χ4n) is 1.57. The minimum Gasteiger partial charge on any atom is -0.398 e. The predicted molar refractivity (Wildman–Crippen MR) is 65.3 cm³/mol. The molecule has 0 amide bonds. The average molecular weight is 227 g/mol. The van der Waals surface area contributed by atoms with Crippen LogP contribution in [0.4, 0.5) is 5.69 Å². The highest BCUT2D eigenvalue weighted by atomic mass is 16.1.